The number of fused-ring (bicyclic) bond motifs is 1. The number of aryl methyl sites for hydroxylation is 2. The Morgan fingerprint density at radius 1 is 1.15 bits per heavy atom. The number of imidazole rings is 1. The Morgan fingerprint density at radius 2 is 1.96 bits per heavy atom. The standard InChI is InChI=1S/C21H20N4O/c1-13-20(14(2)26-24-13)17-10-19-18(11-22-17)23-21(16-8-9-16)25(19)12-15-6-4-3-5-7-15/h3-7,10-11,16H,8-9,12H2,1-2H3. The van der Waals surface area contributed by atoms with Crippen molar-refractivity contribution in [2.45, 2.75) is 39.2 Å². The van der Waals surface area contributed by atoms with Crippen LogP contribution >= 0.6 is 0 Å². The van der Waals surface area contributed by atoms with Crippen LogP contribution in [-0.2, 0) is 6.54 Å². The molecule has 0 spiro atoms. The second-order valence-corrected chi connectivity index (χ2v) is 7.07. The van der Waals surface area contributed by atoms with Crippen molar-refractivity contribution < 1.29 is 4.52 Å². The summed E-state index contributed by atoms with van der Waals surface area (Å²) in [7, 11) is 0. The summed E-state index contributed by atoms with van der Waals surface area (Å²) in [6.07, 6.45) is 4.33. The maximum atomic E-state index is 5.33. The molecule has 1 aliphatic rings. The number of hydrogen-bond donors (Lipinski definition) is 0. The van der Waals surface area contributed by atoms with Crippen LogP contribution in [0.15, 0.2) is 47.1 Å². The van der Waals surface area contributed by atoms with Crippen LogP contribution in [0.1, 0.15) is 41.6 Å². The van der Waals surface area contributed by atoms with Crippen LogP contribution in [-0.4, -0.2) is 19.7 Å². The van der Waals surface area contributed by atoms with E-state index in [4.69, 9.17) is 9.51 Å². The number of rotatable bonds is 4. The third kappa shape index (κ3) is 2.51. The topological polar surface area (TPSA) is 56.7 Å². The molecule has 1 aromatic carbocycles. The van der Waals surface area contributed by atoms with E-state index in [0.29, 0.717) is 5.92 Å². The molecule has 0 N–H and O–H groups in total. The number of nitrogens with zero attached hydrogens (tertiary/aromatic N) is 4. The smallest absolute Gasteiger partial charge is 0.143 e. The summed E-state index contributed by atoms with van der Waals surface area (Å²) in [5.74, 6) is 2.56. The van der Waals surface area contributed by atoms with E-state index in [1.807, 2.05) is 20.0 Å². The van der Waals surface area contributed by atoms with E-state index in [0.717, 1.165) is 40.3 Å². The lowest BCUT2D eigenvalue weighted by molar-refractivity contribution is 0.393. The average Bonchev–Trinajstić information content (AvgIpc) is 3.37. The van der Waals surface area contributed by atoms with Crippen molar-refractivity contribution in [2.75, 3.05) is 0 Å². The molecule has 1 fully saturated rings. The van der Waals surface area contributed by atoms with Gasteiger partial charge < -0.3 is 9.09 Å². The molecule has 1 aliphatic carbocycles. The zero-order valence-corrected chi connectivity index (χ0v) is 14.9. The summed E-state index contributed by atoms with van der Waals surface area (Å²) in [5.41, 5.74) is 6.10. The van der Waals surface area contributed by atoms with Crippen LogP contribution in [0.25, 0.3) is 22.3 Å². The van der Waals surface area contributed by atoms with E-state index in [2.05, 4.69) is 51.1 Å². The minimum absolute atomic E-state index is 0.577. The molecule has 5 nitrogen and oxygen atoms in total. The molecule has 0 unspecified atom stereocenters. The molecule has 0 amide bonds. The molecule has 5 heteroatoms. The lowest BCUT2D eigenvalue weighted by Gasteiger charge is -2.09. The summed E-state index contributed by atoms with van der Waals surface area (Å²) in [5, 5.41) is 4.07. The minimum Gasteiger partial charge on any atom is -0.361 e. The Balaban J connectivity index is 1.68. The van der Waals surface area contributed by atoms with Gasteiger partial charge in [0.25, 0.3) is 0 Å². The third-order valence-corrected chi connectivity index (χ3v) is 5.08. The quantitative estimate of drug-likeness (QED) is 0.542. The van der Waals surface area contributed by atoms with Crippen LogP contribution in [0.4, 0.5) is 0 Å². The molecule has 4 aromatic rings. The predicted octanol–water partition coefficient (Wildman–Crippen LogP) is 4.63. The molecular weight excluding hydrogens is 324 g/mol. The molecule has 0 atom stereocenters. The Hall–Kier alpha value is -2.95. The number of pyridine rings is 1. The van der Waals surface area contributed by atoms with Gasteiger partial charge in [0.1, 0.15) is 17.1 Å². The maximum absolute atomic E-state index is 5.33. The fourth-order valence-electron chi connectivity index (χ4n) is 3.62. The average molecular weight is 344 g/mol. The van der Waals surface area contributed by atoms with Crippen LogP contribution in [0.3, 0.4) is 0 Å². The molecule has 3 aromatic heterocycles. The Bertz CT molecular complexity index is 1070. The van der Waals surface area contributed by atoms with Crippen molar-refractivity contribution in [1.29, 1.82) is 0 Å². The summed E-state index contributed by atoms with van der Waals surface area (Å²) in [4.78, 5) is 9.54. The van der Waals surface area contributed by atoms with Gasteiger partial charge in [0, 0.05) is 12.5 Å². The first-order chi connectivity index (χ1) is 12.7. The molecule has 130 valence electrons. The zero-order chi connectivity index (χ0) is 17.7. The molecule has 0 saturated heterocycles. The van der Waals surface area contributed by atoms with Crippen molar-refractivity contribution in [2.24, 2.45) is 0 Å². The number of hydrogen-bond acceptors (Lipinski definition) is 4. The highest BCUT2D eigenvalue weighted by Crippen LogP contribution is 2.41. The van der Waals surface area contributed by atoms with Gasteiger partial charge in [-0.3, -0.25) is 4.98 Å². The summed E-state index contributed by atoms with van der Waals surface area (Å²) < 4.78 is 7.68. The second-order valence-electron chi connectivity index (χ2n) is 7.07. The van der Waals surface area contributed by atoms with Crippen molar-refractivity contribution in [3.63, 3.8) is 0 Å². The first kappa shape index (κ1) is 15.3. The molecule has 0 radical (unpaired) electrons. The van der Waals surface area contributed by atoms with Crippen molar-refractivity contribution in [1.82, 2.24) is 19.7 Å². The van der Waals surface area contributed by atoms with Crippen molar-refractivity contribution >= 4 is 11.0 Å². The van der Waals surface area contributed by atoms with Gasteiger partial charge >= 0.3 is 0 Å². The SMILES string of the molecule is Cc1noc(C)c1-c1cc2c(cn1)nc(C1CC1)n2Cc1ccccc1. The monoisotopic (exact) mass is 344 g/mol. The predicted molar refractivity (Wildman–Crippen MR) is 100 cm³/mol. The highest BCUT2D eigenvalue weighted by atomic mass is 16.5. The minimum atomic E-state index is 0.577. The van der Waals surface area contributed by atoms with Crippen LogP contribution in [0.5, 0.6) is 0 Å². The second kappa shape index (κ2) is 5.80. The summed E-state index contributed by atoms with van der Waals surface area (Å²) >= 11 is 0. The zero-order valence-electron chi connectivity index (χ0n) is 14.9. The molecule has 3 heterocycles. The van der Waals surface area contributed by atoms with Crippen LogP contribution in [0.2, 0.25) is 0 Å². The Labute approximate surface area is 151 Å². The fraction of sp³-hybridized carbons (Fsp3) is 0.286. The summed E-state index contributed by atoms with van der Waals surface area (Å²) in [6, 6.07) is 12.7. The molecule has 0 aliphatic heterocycles. The first-order valence-corrected chi connectivity index (χ1v) is 9.04. The fourth-order valence-corrected chi connectivity index (χ4v) is 3.62. The molecule has 5 rings (SSSR count). The first-order valence-electron chi connectivity index (χ1n) is 9.04. The van der Waals surface area contributed by atoms with Gasteiger partial charge in [-0.2, -0.15) is 0 Å². The van der Waals surface area contributed by atoms with Gasteiger partial charge in [0.15, 0.2) is 0 Å². The molecule has 0 bridgehead atoms. The van der Waals surface area contributed by atoms with Gasteiger partial charge in [-0.1, -0.05) is 35.5 Å². The number of benzene rings is 1. The van der Waals surface area contributed by atoms with Crippen LogP contribution < -0.4 is 0 Å². The highest BCUT2D eigenvalue weighted by molar-refractivity contribution is 5.81. The molecule has 26 heavy (non-hydrogen) atoms. The van der Waals surface area contributed by atoms with Crippen LogP contribution in [0, 0.1) is 13.8 Å². The van der Waals surface area contributed by atoms with Gasteiger partial charge in [-0.15, -0.1) is 0 Å². The van der Waals surface area contributed by atoms with Crippen molar-refractivity contribution in [3.05, 3.63) is 65.4 Å². The van der Waals surface area contributed by atoms with Gasteiger partial charge in [0.2, 0.25) is 0 Å². The molecule has 1 saturated carbocycles. The lowest BCUT2D eigenvalue weighted by atomic mass is 10.1. The van der Waals surface area contributed by atoms with E-state index in [9.17, 15) is 0 Å². The van der Waals surface area contributed by atoms with E-state index >= 15 is 0 Å². The lowest BCUT2D eigenvalue weighted by Crippen LogP contribution is -2.04. The summed E-state index contributed by atoms with van der Waals surface area (Å²) in [6.45, 7) is 4.71. The third-order valence-electron chi connectivity index (χ3n) is 5.08. The van der Waals surface area contributed by atoms with Gasteiger partial charge in [-0.05, 0) is 38.3 Å². The van der Waals surface area contributed by atoms with Gasteiger partial charge in [-0.25, -0.2) is 4.98 Å². The largest absolute Gasteiger partial charge is 0.361 e. The van der Waals surface area contributed by atoms with E-state index < -0.39 is 0 Å². The molecular formula is C21H20N4O. The van der Waals surface area contributed by atoms with E-state index in [1.54, 1.807) is 0 Å². The number of aromatic nitrogens is 4. The van der Waals surface area contributed by atoms with E-state index in [1.165, 1.54) is 24.2 Å². The van der Waals surface area contributed by atoms with E-state index in [-0.39, 0.29) is 0 Å². The Kier molecular flexibility index (Phi) is 3.42. The van der Waals surface area contributed by atoms with Gasteiger partial charge in [0.05, 0.1) is 28.7 Å². The van der Waals surface area contributed by atoms with Crippen molar-refractivity contribution in [3.8, 4) is 11.3 Å². The maximum Gasteiger partial charge on any atom is 0.143 e. The Morgan fingerprint density at radius 3 is 2.65 bits per heavy atom. The normalized spacial score (nSPS) is 14.2. The highest BCUT2D eigenvalue weighted by Gasteiger charge is 2.30.